The van der Waals surface area contributed by atoms with E-state index >= 15 is 0 Å². The zero-order chi connectivity index (χ0) is 13.6. The third-order valence-electron chi connectivity index (χ3n) is 4.02. The van der Waals surface area contributed by atoms with Crippen LogP contribution < -0.4 is 0 Å². The zero-order valence-electron chi connectivity index (χ0n) is 12.2. The summed E-state index contributed by atoms with van der Waals surface area (Å²) >= 11 is 0. The zero-order valence-corrected chi connectivity index (χ0v) is 13.2. The van der Waals surface area contributed by atoms with Gasteiger partial charge in [-0.3, -0.25) is 0 Å². The first-order chi connectivity index (χ1) is 8.62. The summed E-state index contributed by atoms with van der Waals surface area (Å²) in [6, 6.07) is 12.0. The largest absolute Gasteiger partial charge is 0.407 e. The highest BCUT2D eigenvalue weighted by Crippen LogP contribution is 2.31. The number of rotatable bonds is 7. The Kier molecular flexibility index (Phi) is 5.83. The third kappa shape index (κ3) is 3.33. The van der Waals surface area contributed by atoms with Crippen molar-refractivity contribution in [2.75, 3.05) is 0 Å². The Bertz CT molecular complexity index is 374. The normalized spacial score (nSPS) is 13.3. The van der Waals surface area contributed by atoms with E-state index in [9.17, 15) is 0 Å². The summed E-state index contributed by atoms with van der Waals surface area (Å²) in [5, 5.41) is 0. The standard InChI is InChI=1S/C16H26OSi/c1-6-16(15-13-11-10-12-14(15)5)17-18(7-2,8-3)9-4/h6,10-13,16H,1,7-9H2,2-5H3. The van der Waals surface area contributed by atoms with Crippen molar-refractivity contribution in [3.63, 3.8) is 0 Å². The second kappa shape index (κ2) is 6.91. The van der Waals surface area contributed by atoms with Gasteiger partial charge in [0.2, 0.25) is 0 Å². The van der Waals surface area contributed by atoms with Gasteiger partial charge in [-0.15, -0.1) is 6.58 Å². The lowest BCUT2D eigenvalue weighted by Crippen LogP contribution is -2.37. The third-order valence-corrected chi connectivity index (χ3v) is 8.64. The quantitative estimate of drug-likeness (QED) is 0.482. The predicted octanol–water partition coefficient (Wildman–Crippen LogP) is 5.24. The van der Waals surface area contributed by atoms with Crippen LogP contribution in [0.3, 0.4) is 0 Å². The van der Waals surface area contributed by atoms with Crippen LogP contribution in [0.4, 0.5) is 0 Å². The first-order valence-corrected chi connectivity index (χ1v) is 9.51. The molecular weight excluding hydrogens is 236 g/mol. The van der Waals surface area contributed by atoms with E-state index in [-0.39, 0.29) is 6.10 Å². The molecule has 0 aromatic heterocycles. The summed E-state index contributed by atoms with van der Waals surface area (Å²) < 4.78 is 6.52. The molecule has 100 valence electrons. The Labute approximate surface area is 113 Å². The minimum absolute atomic E-state index is 0.0534. The van der Waals surface area contributed by atoms with Gasteiger partial charge >= 0.3 is 0 Å². The average Bonchev–Trinajstić information content (AvgIpc) is 2.42. The molecule has 1 unspecified atom stereocenters. The second-order valence-corrected chi connectivity index (χ2v) is 9.60. The van der Waals surface area contributed by atoms with Gasteiger partial charge < -0.3 is 4.43 Å². The molecule has 1 atom stereocenters. The van der Waals surface area contributed by atoms with Crippen LogP contribution in [0.5, 0.6) is 0 Å². The van der Waals surface area contributed by atoms with Crippen molar-refractivity contribution in [2.24, 2.45) is 0 Å². The molecule has 0 saturated heterocycles. The molecule has 1 aromatic rings. The molecule has 0 aliphatic carbocycles. The van der Waals surface area contributed by atoms with Gasteiger partial charge in [0, 0.05) is 0 Å². The van der Waals surface area contributed by atoms with Crippen molar-refractivity contribution in [3.8, 4) is 0 Å². The van der Waals surface area contributed by atoms with Crippen LogP contribution >= 0.6 is 0 Å². The van der Waals surface area contributed by atoms with Gasteiger partial charge in [-0.1, -0.05) is 51.1 Å². The van der Waals surface area contributed by atoms with Crippen LogP contribution in [0, 0.1) is 6.92 Å². The smallest absolute Gasteiger partial charge is 0.193 e. The lowest BCUT2D eigenvalue weighted by molar-refractivity contribution is 0.237. The fourth-order valence-electron chi connectivity index (χ4n) is 2.41. The van der Waals surface area contributed by atoms with Crippen molar-refractivity contribution in [1.82, 2.24) is 0 Å². The Hall–Kier alpha value is -0.863. The summed E-state index contributed by atoms with van der Waals surface area (Å²) in [5.41, 5.74) is 2.55. The van der Waals surface area contributed by atoms with Gasteiger partial charge in [-0.25, -0.2) is 0 Å². The number of benzene rings is 1. The maximum Gasteiger partial charge on any atom is 0.193 e. The monoisotopic (exact) mass is 262 g/mol. The molecule has 18 heavy (non-hydrogen) atoms. The van der Waals surface area contributed by atoms with Gasteiger partial charge in [-0.2, -0.15) is 0 Å². The molecule has 0 N–H and O–H groups in total. The maximum atomic E-state index is 6.52. The molecule has 0 amide bonds. The van der Waals surface area contributed by atoms with Crippen LogP contribution in [-0.4, -0.2) is 8.32 Å². The minimum Gasteiger partial charge on any atom is -0.407 e. The van der Waals surface area contributed by atoms with Gasteiger partial charge in [0.1, 0.15) is 0 Å². The fourth-order valence-corrected chi connectivity index (χ4v) is 5.18. The van der Waals surface area contributed by atoms with Crippen LogP contribution in [0.1, 0.15) is 38.0 Å². The van der Waals surface area contributed by atoms with Crippen LogP contribution in [0.2, 0.25) is 18.1 Å². The molecule has 0 spiro atoms. The van der Waals surface area contributed by atoms with Gasteiger partial charge in [-0.05, 0) is 36.2 Å². The van der Waals surface area contributed by atoms with Crippen molar-refractivity contribution in [3.05, 3.63) is 48.0 Å². The van der Waals surface area contributed by atoms with Crippen molar-refractivity contribution in [2.45, 2.75) is 51.9 Å². The SMILES string of the molecule is C=CC(O[Si](CC)(CC)CC)c1ccccc1C. The number of hydrogen-bond donors (Lipinski definition) is 0. The van der Waals surface area contributed by atoms with Gasteiger partial charge in [0.05, 0.1) is 6.10 Å². The molecule has 0 fully saturated rings. The summed E-state index contributed by atoms with van der Waals surface area (Å²) in [7, 11) is -1.58. The van der Waals surface area contributed by atoms with Crippen molar-refractivity contribution >= 4 is 8.32 Å². The maximum absolute atomic E-state index is 6.52. The molecular formula is C16H26OSi. The average molecular weight is 262 g/mol. The Balaban J connectivity index is 2.98. The first kappa shape index (κ1) is 15.2. The molecule has 1 nitrogen and oxygen atoms in total. The van der Waals surface area contributed by atoms with E-state index in [0.717, 1.165) is 0 Å². The Morgan fingerprint density at radius 1 is 1.17 bits per heavy atom. The molecule has 0 saturated carbocycles. The topological polar surface area (TPSA) is 9.23 Å². The lowest BCUT2D eigenvalue weighted by atomic mass is 10.0. The van der Waals surface area contributed by atoms with Crippen molar-refractivity contribution in [1.29, 1.82) is 0 Å². The van der Waals surface area contributed by atoms with Crippen LogP contribution in [0.25, 0.3) is 0 Å². The van der Waals surface area contributed by atoms with E-state index in [1.165, 1.54) is 29.3 Å². The summed E-state index contributed by atoms with van der Waals surface area (Å²) in [5.74, 6) is 0. The summed E-state index contributed by atoms with van der Waals surface area (Å²) in [6.45, 7) is 12.9. The van der Waals surface area contributed by atoms with E-state index in [1.54, 1.807) is 0 Å². The highest BCUT2D eigenvalue weighted by molar-refractivity contribution is 6.73. The second-order valence-electron chi connectivity index (χ2n) is 4.87. The Morgan fingerprint density at radius 3 is 2.17 bits per heavy atom. The van der Waals surface area contributed by atoms with E-state index in [0.29, 0.717) is 0 Å². The molecule has 0 aliphatic rings. The van der Waals surface area contributed by atoms with Gasteiger partial charge in [0.15, 0.2) is 8.32 Å². The highest BCUT2D eigenvalue weighted by atomic mass is 28.4. The lowest BCUT2D eigenvalue weighted by Gasteiger charge is -2.32. The van der Waals surface area contributed by atoms with E-state index in [4.69, 9.17) is 4.43 Å². The molecule has 1 rings (SSSR count). The molecule has 0 heterocycles. The predicted molar refractivity (Wildman–Crippen MR) is 82.4 cm³/mol. The summed E-state index contributed by atoms with van der Waals surface area (Å²) in [4.78, 5) is 0. The molecule has 0 bridgehead atoms. The minimum atomic E-state index is -1.58. The summed E-state index contributed by atoms with van der Waals surface area (Å²) in [6.07, 6.45) is 2.00. The number of hydrogen-bond acceptors (Lipinski definition) is 1. The van der Waals surface area contributed by atoms with E-state index < -0.39 is 8.32 Å². The Morgan fingerprint density at radius 2 is 1.72 bits per heavy atom. The highest BCUT2D eigenvalue weighted by Gasteiger charge is 2.31. The molecule has 0 aliphatic heterocycles. The number of aryl methyl sites for hydroxylation is 1. The molecule has 0 radical (unpaired) electrons. The van der Waals surface area contributed by atoms with E-state index in [2.05, 4.69) is 58.5 Å². The van der Waals surface area contributed by atoms with Crippen molar-refractivity contribution < 1.29 is 4.43 Å². The fraction of sp³-hybridized carbons (Fsp3) is 0.500. The molecule has 1 aromatic carbocycles. The van der Waals surface area contributed by atoms with E-state index in [1.807, 2.05) is 6.08 Å². The molecule has 2 heteroatoms. The van der Waals surface area contributed by atoms with Crippen LogP contribution in [0.15, 0.2) is 36.9 Å². The van der Waals surface area contributed by atoms with Crippen LogP contribution in [-0.2, 0) is 4.43 Å². The first-order valence-electron chi connectivity index (χ1n) is 6.98. The van der Waals surface area contributed by atoms with Gasteiger partial charge in [0.25, 0.3) is 0 Å².